The number of likely N-dealkylation sites (tertiary alicyclic amines) is 1. The number of carbonyl (C=O) groups is 2. The number of imidazole rings is 1. The summed E-state index contributed by atoms with van der Waals surface area (Å²) >= 11 is 0. The van der Waals surface area contributed by atoms with Crippen LogP contribution in [0.15, 0.2) is 85.0 Å². The molecule has 1 aromatic heterocycles. The first-order valence-corrected chi connectivity index (χ1v) is 9.55. The molecule has 2 aromatic carbocycles. The van der Waals surface area contributed by atoms with Gasteiger partial charge in [-0.05, 0) is 11.1 Å². The molecule has 0 aliphatic carbocycles. The van der Waals surface area contributed by atoms with E-state index in [9.17, 15) is 14.7 Å². The van der Waals surface area contributed by atoms with Crippen molar-refractivity contribution in [1.82, 2.24) is 9.88 Å². The maximum atomic E-state index is 13.1. The van der Waals surface area contributed by atoms with Crippen molar-refractivity contribution in [3.8, 4) is 0 Å². The number of H-pyrrole nitrogens is 1. The Morgan fingerprint density at radius 2 is 1.72 bits per heavy atom. The minimum Gasteiger partial charge on any atom is -0.872 e. The second kappa shape index (κ2) is 8.14. The molecular formula is C23H21N3O3. The van der Waals surface area contributed by atoms with Crippen LogP contribution in [-0.4, -0.2) is 28.1 Å². The van der Waals surface area contributed by atoms with Crippen molar-refractivity contribution in [3.05, 3.63) is 96.1 Å². The van der Waals surface area contributed by atoms with Gasteiger partial charge in [-0.2, -0.15) is 0 Å². The minimum absolute atomic E-state index is 0.0293. The number of benzene rings is 2. The predicted octanol–water partition coefficient (Wildman–Crippen LogP) is 1.62. The van der Waals surface area contributed by atoms with Gasteiger partial charge in [-0.25, -0.2) is 4.57 Å². The van der Waals surface area contributed by atoms with E-state index < -0.39 is 17.7 Å². The minimum atomic E-state index is -0.706. The lowest BCUT2D eigenvalue weighted by molar-refractivity contribution is -0.695. The zero-order valence-corrected chi connectivity index (χ0v) is 15.8. The lowest BCUT2D eigenvalue weighted by atomic mass is 9.95. The molecule has 1 fully saturated rings. The molecule has 1 N–H and O–H groups in total. The normalized spacial score (nSPS) is 18.3. The summed E-state index contributed by atoms with van der Waals surface area (Å²) in [6.45, 7) is 1.08. The summed E-state index contributed by atoms with van der Waals surface area (Å²) in [4.78, 5) is 30.2. The van der Waals surface area contributed by atoms with Crippen molar-refractivity contribution in [3.63, 3.8) is 0 Å². The Balaban J connectivity index is 1.70. The van der Waals surface area contributed by atoms with Crippen LogP contribution in [-0.2, 0) is 16.1 Å². The van der Waals surface area contributed by atoms with E-state index in [0.29, 0.717) is 25.1 Å². The summed E-state index contributed by atoms with van der Waals surface area (Å²) in [5.41, 5.74) is 1.20. The van der Waals surface area contributed by atoms with E-state index in [1.54, 1.807) is 24.3 Å². The number of carbonyl (C=O) groups excluding carboxylic acids is 2. The number of hydrogen-bond acceptors (Lipinski definition) is 3. The smallest absolute Gasteiger partial charge is 0.295 e. The van der Waals surface area contributed by atoms with Crippen LogP contribution in [0, 0.1) is 0 Å². The molecule has 6 heteroatoms. The van der Waals surface area contributed by atoms with E-state index in [1.807, 2.05) is 59.7 Å². The summed E-state index contributed by atoms with van der Waals surface area (Å²) < 4.78 is 1.97. The molecule has 0 radical (unpaired) electrons. The molecule has 0 saturated carbocycles. The number of nitrogens with one attached hydrogen (secondary N) is 1. The second-order valence-electron chi connectivity index (χ2n) is 6.95. The number of aromatic nitrogens is 2. The van der Waals surface area contributed by atoms with Gasteiger partial charge < -0.3 is 10.0 Å². The maximum absolute atomic E-state index is 13.1. The Morgan fingerprint density at radius 3 is 2.38 bits per heavy atom. The second-order valence-corrected chi connectivity index (χ2v) is 6.95. The lowest BCUT2D eigenvalue weighted by Gasteiger charge is -2.27. The zero-order valence-electron chi connectivity index (χ0n) is 15.8. The Hall–Kier alpha value is -3.67. The van der Waals surface area contributed by atoms with Crippen molar-refractivity contribution < 1.29 is 19.3 Å². The molecule has 2 heterocycles. The zero-order chi connectivity index (χ0) is 20.2. The first-order valence-electron chi connectivity index (χ1n) is 9.55. The molecule has 0 spiro atoms. The predicted molar refractivity (Wildman–Crippen MR) is 105 cm³/mol. The van der Waals surface area contributed by atoms with E-state index in [4.69, 9.17) is 0 Å². The van der Waals surface area contributed by atoms with Crippen molar-refractivity contribution in [1.29, 1.82) is 0 Å². The summed E-state index contributed by atoms with van der Waals surface area (Å²) in [5, 5.41) is 13.1. The third-order valence-electron chi connectivity index (χ3n) is 5.10. The molecule has 1 aliphatic heterocycles. The number of hydrogen-bond donors (Lipinski definition) is 1. The standard InChI is InChI=1S/C23H21N3O3/c27-21(18-10-5-2-6-11-18)19-20(17-8-3-1-4-9-17)26(23(29)22(19)28)14-7-13-25-15-12-24-16-25/h1-6,8-12,15-16,20H,7,13-14H2,(H,27,28). The highest BCUT2D eigenvalue weighted by atomic mass is 16.3. The van der Waals surface area contributed by atoms with E-state index in [0.717, 1.165) is 5.56 Å². The van der Waals surface area contributed by atoms with Gasteiger partial charge in [-0.15, -0.1) is 0 Å². The van der Waals surface area contributed by atoms with Crippen LogP contribution in [0.2, 0.25) is 0 Å². The monoisotopic (exact) mass is 387 g/mol. The van der Waals surface area contributed by atoms with Gasteiger partial charge in [0.1, 0.15) is 12.4 Å². The maximum Gasteiger partial charge on any atom is 0.295 e. The molecule has 1 unspecified atom stereocenters. The summed E-state index contributed by atoms with van der Waals surface area (Å²) in [6, 6.07) is 17.2. The van der Waals surface area contributed by atoms with Crippen molar-refractivity contribution in [2.75, 3.05) is 6.54 Å². The molecular weight excluding hydrogens is 366 g/mol. The third kappa shape index (κ3) is 3.69. The molecule has 3 aromatic rings. The first kappa shape index (κ1) is 18.7. The van der Waals surface area contributed by atoms with Gasteiger partial charge in [0.2, 0.25) is 12.1 Å². The lowest BCUT2D eigenvalue weighted by Crippen LogP contribution is -2.36. The summed E-state index contributed by atoms with van der Waals surface area (Å²) in [6.07, 6.45) is 6.23. The van der Waals surface area contributed by atoms with Crippen LogP contribution in [0.25, 0.3) is 5.76 Å². The van der Waals surface area contributed by atoms with Gasteiger partial charge in [0.05, 0.1) is 12.6 Å². The third-order valence-corrected chi connectivity index (χ3v) is 5.10. The topological polar surface area (TPSA) is 80.1 Å². The van der Waals surface area contributed by atoms with Crippen LogP contribution in [0.5, 0.6) is 0 Å². The average molecular weight is 387 g/mol. The summed E-state index contributed by atoms with van der Waals surface area (Å²) in [7, 11) is 0. The number of ketones is 1. The number of Topliss-reactive ketones (excluding diaryl/α,β-unsaturated/α-hetero) is 1. The highest BCUT2D eigenvalue weighted by Gasteiger charge is 2.43. The van der Waals surface area contributed by atoms with Gasteiger partial charge in [0, 0.05) is 18.5 Å². The van der Waals surface area contributed by atoms with Gasteiger partial charge in [0.15, 0.2) is 0 Å². The Morgan fingerprint density at radius 1 is 1.03 bits per heavy atom. The molecule has 0 bridgehead atoms. The van der Waals surface area contributed by atoms with Crippen LogP contribution in [0.4, 0.5) is 0 Å². The first-order chi connectivity index (χ1) is 14.2. The van der Waals surface area contributed by atoms with Crippen LogP contribution in [0.3, 0.4) is 0 Å². The molecule has 146 valence electrons. The average Bonchev–Trinajstić information content (AvgIpc) is 3.37. The molecule has 1 saturated heterocycles. The van der Waals surface area contributed by atoms with Crippen LogP contribution >= 0.6 is 0 Å². The molecule has 4 rings (SSSR count). The Bertz CT molecular complexity index is 1030. The fourth-order valence-corrected chi connectivity index (χ4v) is 3.71. The molecule has 6 nitrogen and oxygen atoms in total. The van der Waals surface area contributed by atoms with E-state index in [-0.39, 0.29) is 11.3 Å². The van der Waals surface area contributed by atoms with E-state index in [1.165, 1.54) is 4.90 Å². The fraction of sp³-hybridized carbons (Fsp3) is 0.174. The molecule has 1 atom stereocenters. The largest absolute Gasteiger partial charge is 0.872 e. The number of amides is 1. The SMILES string of the molecule is O=C1C(=O)N(CCC[n+]2cc[nH]c2)C(c2ccccc2)C1=C([O-])c1ccccc1. The summed E-state index contributed by atoms with van der Waals surface area (Å²) in [5.74, 6) is -1.71. The molecule has 1 aliphatic rings. The van der Waals surface area contributed by atoms with Crippen molar-refractivity contribution in [2.45, 2.75) is 19.0 Å². The number of nitrogens with zero attached hydrogens (tertiary/aromatic N) is 2. The van der Waals surface area contributed by atoms with E-state index >= 15 is 0 Å². The number of aryl methyl sites for hydroxylation is 1. The van der Waals surface area contributed by atoms with Gasteiger partial charge in [-0.1, -0.05) is 66.4 Å². The molecule has 1 amide bonds. The highest BCUT2D eigenvalue weighted by Crippen LogP contribution is 2.38. The van der Waals surface area contributed by atoms with Crippen molar-refractivity contribution in [2.24, 2.45) is 0 Å². The highest BCUT2D eigenvalue weighted by molar-refractivity contribution is 6.46. The Kier molecular flexibility index (Phi) is 5.24. The number of aromatic amines is 1. The quantitative estimate of drug-likeness (QED) is 0.302. The van der Waals surface area contributed by atoms with Gasteiger partial charge in [-0.3, -0.25) is 14.6 Å². The van der Waals surface area contributed by atoms with Crippen LogP contribution < -0.4 is 9.67 Å². The number of rotatable bonds is 6. The Labute approximate surface area is 168 Å². The van der Waals surface area contributed by atoms with Crippen LogP contribution in [0.1, 0.15) is 23.6 Å². The van der Waals surface area contributed by atoms with E-state index in [2.05, 4.69) is 4.98 Å². The molecule has 29 heavy (non-hydrogen) atoms. The van der Waals surface area contributed by atoms with Gasteiger partial charge >= 0.3 is 0 Å². The van der Waals surface area contributed by atoms with Gasteiger partial charge in [0.25, 0.3) is 5.91 Å². The van der Waals surface area contributed by atoms with Crippen molar-refractivity contribution >= 4 is 17.4 Å². The fourth-order valence-electron chi connectivity index (χ4n) is 3.71.